The number of ether oxygens (including phenoxy) is 1. The van der Waals surface area contributed by atoms with Crippen molar-refractivity contribution in [3.63, 3.8) is 0 Å². The minimum atomic E-state index is -0.418. The third kappa shape index (κ3) is 3.72. The highest BCUT2D eigenvalue weighted by molar-refractivity contribution is 9.10. The van der Waals surface area contributed by atoms with E-state index >= 15 is 0 Å². The molecule has 0 radical (unpaired) electrons. The summed E-state index contributed by atoms with van der Waals surface area (Å²) in [5.41, 5.74) is 1.50. The zero-order chi connectivity index (χ0) is 15.4. The summed E-state index contributed by atoms with van der Waals surface area (Å²) in [5, 5.41) is 14.3. The first kappa shape index (κ1) is 15.3. The molecule has 2 rings (SSSR count). The Balaban J connectivity index is 2.28. The van der Waals surface area contributed by atoms with Gasteiger partial charge in [-0.25, -0.2) is 0 Å². The summed E-state index contributed by atoms with van der Waals surface area (Å²) >= 11 is 3.42. The smallest absolute Gasteiger partial charge is 0.296 e. The molecule has 0 aliphatic heterocycles. The quantitative estimate of drug-likeness (QED) is 0.635. The molecule has 1 atom stereocenters. The van der Waals surface area contributed by atoms with Crippen molar-refractivity contribution in [2.45, 2.75) is 13.0 Å². The van der Waals surface area contributed by atoms with Crippen LogP contribution in [0.2, 0.25) is 0 Å². The normalized spacial score (nSPS) is 11.8. The average Bonchev–Trinajstić information content (AvgIpc) is 2.47. The molecule has 0 heterocycles. The number of nitro groups is 1. The second-order valence-corrected chi connectivity index (χ2v) is 5.48. The second-order valence-electron chi connectivity index (χ2n) is 4.56. The van der Waals surface area contributed by atoms with Crippen molar-refractivity contribution in [1.82, 2.24) is 0 Å². The fourth-order valence-corrected chi connectivity index (χ4v) is 2.42. The maximum Gasteiger partial charge on any atom is 0.296 e. The number of benzene rings is 2. The summed E-state index contributed by atoms with van der Waals surface area (Å²) in [5.74, 6) is 0.461. The van der Waals surface area contributed by atoms with Crippen molar-refractivity contribution >= 4 is 27.3 Å². The molecule has 0 spiro atoms. The summed E-state index contributed by atoms with van der Waals surface area (Å²) < 4.78 is 6.00. The van der Waals surface area contributed by atoms with Crippen LogP contribution in [0.25, 0.3) is 0 Å². The Morgan fingerprint density at radius 2 is 2.05 bits per heavy atom. The van der Waals surface area contributed by atoms with E-state index in [1.807, 2.05) is 31.2 Å². The number of rotatable bonds is 5. The van der Waals surface area contributed by atoms with Crippen LogP contribution in [0.3, 0.4) is 0 Å². The first-order chi connectivity index (χ1) is 10.0. The van der Waals surface area contributed by atoms with Crippen LogP contribution in [-0.2, 0) is 0 Å². The van der Waals surface area contributed by atoms with Gasteiger partial charge in [0.2, 0.25) is 0 Å². The number of methoxy groups -OCH3 is 1. The molecule has 0 bridgehead atoms. The van der Waals surface area contributed by atoms with Gasteiger partial charge < -0.3 is 10.1 Å². The zero-order valence-corrected chi connectivity index (χ0v) is 13.3. The Labute approximate surface area is 131 Å². The van der Waals surface area contributed by atoms with E-state index < -0.39 is 4.92 Å². The van der Waals surface area contributed by atoms with Crippen LogP contribution in [0.15, 0.2) is 46.9 Å². The van der Waals surface area contributed by atoms with Gasteiger partial charge in [-0.3, -0.25) is 10.1 Å². The van der Waals surface area contributed by atoms with E-state index in [1.165, 1.54) is 13.2 Å². The molecular formula is C15H15BrN2O3. The van der Waals surface area contributed by atoms with E-state index in [0.29, 0.717) is 11.4 Å². The Kier molecular flexibility index (Phi) is 4.80. The monoisotopic (exact) mass is 350 g/mol. The molecule has 0 aliphatic rings. The van der Waals surface area contributed by atoms with Crippen LogP contribution in [0.1, 0.15) is 18.5 Å². The van der Waals surface area contributed by atoms with Crippen LogP contribution in [-0.4, -0.2) is 12.0 Å². The summed E-state index contributed by atoms with van der Waals surface area (Å²) in [6, 6.07) is 12.5. The van der Waals surface area contributed by atoms with Crippen molar-refractivity contribution < 1.29 is 9.66 Å². The molecule has 0 saturated carbocycles. The van der Waals surface area contributed by atoms with Gasteiger partial charge in [0.15, 0.2) is 0 Å². The first-order valence-corrected chi connectivity index (χ1v) is 7.15. The van der Waals surface area contributed by atoms with Crippen molar-refractivity contribution in [1.29, 1.82) is 0 Å². The summed E-state index contributed by atoms with van der Waals surface area (Å²) in [6.07, 6.45) is 0. The van der Waals surface area contributed by atoms with Gasteiger partial charge in [0.25, 0.3) is 5.69 Å². The van der Waals surface area contributed by atoms with E-state index in [1.54, 1.807) is 12.1 Å². The first-order valence-electron chi connectivity index (χ1n) is 6.35. The van der Waals surface area contributed by atoms with Gasteiger partial charge in [-0.15, -0.1) is 0 Å². The van der Waals surface area contributed by atoms with Gasteiger partial charge in [0.1, 0.15) is 11.4 Å². The largest absolute Gasteiger partial charge is 0.496 e. The lowest BCUT2D eigenvalue weighted by atomic mass is 10.1. The van der Waals surface area contributed by atoms with E-state index in [9.17, 15) is 10.1 Å². The average molecular weight is 351 g/mol. The molecule has 0 saturated heterocycles. The highest BCUT2D eigenvalue weighted by Crippen LogP contribution is 2.32. The van der Waals surface area contributed by atoms with Crippen LogP contribution >= 0.6 is 15.9 Å². The third-order valence-electron chi connectivity index (χ3n) is 3.12. The molecular weight excluding hydrogens is 336 g/mol. The molecule has 2 aromatic rings. The Bertz CT molecular complexity index is 661. The lowest BCUT2D eigenvalue weighted by molar-refractivity contribution is -0.384. The number of hydrogen-bond donors (Lipinski definition) is 1. The lowest BCUT2D eigenvalue weighted by Crippen LogP contribution is -2.08. The van der Waals surface area contributed by atoms with Crippen LogP contribution in [0, 0.1) is 10.1 Å². The third-order valence-corrected chi connectivity index (χ3v) is 3.62. The van der Waals surface area contributed by atoms with Crippen molar-refractivity contribution in [2.24, 2.45) is 0 Å². The predicted molar refractivity (Wildman–Crippen MR) is 85.8 cm³/mol. The number of halogens is 1. The van der Waals surface area contributed by atoms with E-state index in [4.69, 9.17) is 4.74 Å². The fraction of sp³-hybridized carbons (Fsp3) is 0.200. The van der Waals surface area contributed by atoms with Gasteiger partial charge in [-0.05, 0) is 36.8 Å². The standard InChI is InChI=1S/C15H15BrN2O3/c1-10(11-4-3-5-12(16)8-11)17-14-7-6-13(21-2)9-15(14)18(19)20/h3-10,17H,1-2H3. The summed E-state index contributed by atoms with van der Waals surface area (Å²) in [7, 11) is 1.48. The maximum absolute atomic E-state index is 11.2. The molecule has 0 amide bonds. The Morgan fingerprint density at radius 1 is 1.29 bits per heavy atom. The van der Waals surface area contributed by atoms with Gasteiger partial charge in [-0.1, -0.05) is 28.1 Å². The van der Waals surface area contributed by atoms with Crippen molar-refractivity contribution in [3.05, 3.63) is 62.6 Å². The summed E-state index contributed by atoms with van der Waals surface area (Å²) in [6.45, 7) is 1.95. The molecule has 0 aliphatic carbocycles. The van der Waals surface area contributed by atoms with E-state index in [2.05, 4.69) is 21.2 Å². The highest BCUT2D eigenvalue weighted by atomic mass is 79.9. The molecule has 0 fully saturated rings. The number of nitrogens with one attached hydrogen (secondary N) is 1. The van der Waals surface area contributed by atoms with Crippen molar-refractivity contribution in [2.75, 3.05) is 12.4 Å². The van der Waals surface area contributed by atoms with Gasteiger partial charge in [-0.2, -0.15) is 0 Å². The van der Waals surface area contributed by atoms with Crippen LogP contribution in [0.5, 0.6) is 5.75 Å². The molecule has 21 heavy (non-hydrogen) atoms. The number of nitrogens with zero attached hydrogens (tertiary/aromatic N) is 1. The Morgan fingerprint density at radius 3 is 2.67 bits per heavy atom. The minimum absolute atomic E-state index is 0.00352. The SMILES string of the molecule is COc1ccc(NC(C)c2cccc(Br)c2)c([N+](=O)[O-])c1. The molecule has 6 heteroatoms. The zero-order valence-electron chi connectivity index (χ0n) is 11.7. The number of anilines is 1. The van der Waals surface area contributed by atoms with Crippen LogP contribution < -0.4 is 10.1 Å². The highest BCUT2D eigenvalue weighted by Gasteiger charge is 2.17. The minimum Gasteiger partial charge on any atom is -0.496 e. The topological polar surface area (TPSA) is 64.4 Å². The molecule has 1 unspecified atom stereocenters. The lowest BCUT2D eigenvalue weighted by Gasteiger charge is -2.16. The number of nitro benzene ring substituents is 1. The van der Waals surface area contributed by atoms with E-state index in [-0.39, 0.29) is 11.7 Å². The maximum atomic E-state index is 11.2. The second kappa shape index (κ2) is 6.58. The van der Waals surface area contributed by atoms with Gasteiger partial charge in [0.05, 0.1) is 18.1 Å². The van der Waals surface area contributed by atoms with Crippen molar-refractivity contribution in [3.8, 4) is 5.75 Å². The molecule has 5 nitrogen and oxygen atoms in total. The molecule has 0 aromatic heterocycles. The predicted octanol–water partition coefficient (Wildman–Crippen LogP) is 4.54. The van der Waals surface area contributed by atoms with Crippen LogP contribution in [0.4, 0.5) is 11.4 Å². The van der Waals surface area contributed by atoms with Gasteiger partial charge in [0, 0.05) is 10.5 Å². The Hall–Kier alpha value is -2.08. The van der Waals surface area contributed by atoms with Gasteiger partial charge >= 0.3 is 0 Å². The summed E-state index contributed by atoms with van der Waals surface area (Å²) in [4.78, 5) is 10.7. The molecule has 2 aromatic carbocycles. The fourth-order valence-electron chi connectivity index (χ4n) is 2.00. The molecule has 110 valence electrons. The number of hydrogen-bond acceptors (Lipinski definition) is 4. The molecule has 1 N–H and O–H groups in total. The van der Waals surface area contributed by atoms with E-state index in [0.717, 1.165) is 10.0 Å².